The van der Waals surface area contributed by atoms with Gasteiger partial charge in [0.15, 0.2) is 5.78 Å². The number of pyridine rings is 2. The minimum Gasteiger partial charge on any atom is -0.384 e. The third-order valence-electron chi connectivity index (χ3n) is 7.44. The third-order valence-corrected chi connectivity index (χ3v) is 7.44. The molecule has 190 valence electrons. The highest BCUT2D eigenvalue weighted by atomic mass is 16.1. The molecule has 2 aliphatic rings. The Morgan fingerprint density at radius 1 is 1.14 bits per heavy atom. The van der Waals surface area contributed by atoms with Gasteiger partial charge in [0.05, 0.1) is 5.69 Å². The first-order valence-corrected chi connectivity index (χ1v) is 13.0. The zero-order chi connectivity index (χ0) is 26.1. The molecule has 0 spiro atoms. The molecule has 0 fully saturated rings. The van der Waals surface area contributed by atoms with Gasteiger partial charge in [0.1, 0.15) is 0 Å². The molecule has 1 N–H and O–H groups in total. The Hall–Kier alpha value is -3.77. The highest BCUT2D eigenvalue weighted by Crippen LogP contribution is 2.27. The third kappa shape index (κ3) is 5.07. The SMILES string of the molecule is CC(=O)c1ccc(C2=CCN(C/C(C)=C/c3c(-n4ccc5c(c4=O)CCN5)ccnc3C)CC2)c(C)c1. The summed E-state index contributed by atoms with van der Waals surface area (Å²) < 4.78 is 1.76. The Kier molecular flexibility index (Phi) is 6.94. The van der Waals surface area contributed by atoms with Gasteiger partial charge in [0, 0.05) is 66.6 Å². The molecule has 2 aromatic heterocycles. The molecular formula is C31H34N4O2. The minimum atomic E-state index is 0.0423. The molecule has 0 saturated carbocycles. The lowest BCUT2D eigenvalue weighted by atomic mass is 9.93. The topological polar surface area (TPSA) is 67.2 Å². The van der Waals surface area contributed by atoms with Gasteiger partial charge in [-0.1, -0.05) is 29.9 Å². The summed E-state index contributed by atoms with van der Waals surface area (Å²) in [6.45, 7) is 11.4. The number of nitrogens with one attached hydrogen (secondary N) is 1. The lowest BCUT2D eigenvalue weighted by Gasteiger charge is -2.27. The number of aryl methyl sites for hydroxylation is 2. The van der Waals surface area contributed by atoms with Crippen molar-refractivity contribution in [1.29, 1.82) is 0 Å². The molecule has 5 rings (SSSR count). The van der Waals surface area contributed by atoms with Gasteiger partial charge in [0.25, 0.3) is 5.56 Å². The lowest BCUT2D eigenvalue weighted by Crippen LogP contribution is -2.30. The number of fused-ring (bicyclic) bond motifs is 1. The smallest absolute Gasteiger partial charge is 0.260 e. The maximum Gasteiger partial charge on any atom is 0.260 e. The normalized spacial score (nSPS) is 15.8. The number of anilines is 1. The van der Waals surface area contributed by atoms with Crippen LogP contribution in [0.5, 0.6) is 0 Å². The standard InChI is InChI=1S/C31H34N4O2/c1-20(19-34-14-9-24(10-15-34)26-6-5-25(23(4)36)18-21(26)2)17-28-22(3)32-13-8-30(28)35-16-11-29-27(31(35)37)7-12-33-29/h5-6,8-9,11,13,16-18,33H,7,10,12,14-15,19H2,1-4H3/b20-17+. The molecule has 1 aromatic carbocycles. The van der Waals surface area contributed by atoms with Crippen molar-refractivity contribution >= 4 is 23.1 Å². The predicted molar refractivity (Wildman–Crippen MR) is 151 cm³/mol. The quantitative estimate of drug-likeness (QED) is 0.477. The summed E-state index contributed by atoms with van der Waals surface area (Å²) in [7, 11) is 0. The molecule has 6 heteroatoms. The van der Waals surface area contributed by atoms with E-state index in [2.05, 4.69) is 47.3 Å². The van der Waals surface area contributed by atoms with Crippen molar-refractivity contribution < 1.29 is 4.79 Å². The zero-order valence-electron chi connectivity index (χ0n) is 22.1. The van der Waals surface area contributed by atoms with E-state index in [-0.39, 0.29) is 11.3 Å². The summed E-state index contributed by atoms with van der Waals surface area (Å²) in [5, 5.41) is 3.29. The van der Waals surface area contributed by atoms with Crippen LogP contribution in [-0.4, -0.2) is 46.4 Å². The summed E-state index contributed by atoms with van der Waals surface area (Å²) in [6.07, 6.45) is 9.86. The Morgan fingerprint density at radius 2 is 1.97 bits per heavy atom. The van der Waals surface area contributed by atoms with Gasteiger partial charge in [-0.05, 0) is 75.4 Å². The van der Waals surface area contributed by atoms with E-state index in [1.807, 2.05) is 37.4 Å². The van der Waals surface area contributed by atoms with Crippen molar-refractivity contribution in [3.8, 4) is 5.69 Å². The number of nitrogens with zero attached hydrogens (tertiary/aromatic N) is 3. The van der Waals surface area contributed by atoms with Crippen LogP contribution in [-0.2, 0) is 6.42 Å². The Balaban J connectivity index is 1.35. The van der Waals surface area contributed by atoms with Crippen LogP contribution < -0.4 is 10.9 Å². The first-order valence-electron chi connectivity index (χ1n) is 13.0. The molecule has 0 saturated heterocycles. The molecule has 3 aromatic rings. The summed E-state index contributed by atoms with van der Waals surface area (Å²) in [4.78, 5) is 31.9. The molecule has 0 amide bonds. The van der Waals surface area contributed by atoms with Gasteiger partial charge >= 0.3 is 0 Å². The maximum atomic E-state index is 13.2. The van der Waals surface area contributed by atoms with Crippen LogP contribution in [0.3, 0.4) is 0 Å². The molecule has 6 nitrogen and oxygen atoms in total. The fourth-order valence-electron chi connectivity index (χ4n) is 5.44. The van der Waals surface area contributed by atoms with Gasteiger partial charge in [-0.3, -0.25) is 24.0 Å². The van der Waals surface area contributed by atoms with E-state index in [0.717, 1.165) is 78.3 Å². The van der Waals surface area contributed by atoms with Gasteiger partial charge in [-0.25, -0.2) is 0 Å². The van der Waals surface area contributed by atoms with E-state index in [1.165, 1.54) is 16.7 Å². The monoisotopic (exact) mass is 494 g/mol. The predicted octanol–water partition coefficient (Wildman–Crippen LogP) is 5.21. The summed E-state index contributed by atoms with van der Waals surface area (Å²) in [5.41, 5.74) is 10.3. The number of carbonyl (C=O) groups is 1. The molecule has 0 unspecified atom stereocenters. The number of carbonyl (C=O) groups excluding carboxylic acids is 1. The molecule has 2 aliphatic heterocycles. The van der Waals surface area contributed by atoms with Gasteiger partial charge in [0.2, 0.25) is 0 Å². The summed E-state index contributed by atoms with van der Waals surface area (Å²) in [6, 6.07) is 9.93. The zero-order valence-corrected chi connectivity index (χ0v) is 22.1. The molecule has 0 aliphatic carbocycles. The van der Waals surface area contributed by atoms with Crippen molar-refractivity contribution in [2.75, 3.05) is 31.5 Å². The first-order chi connectivity index (χ1) is 17.8. The number of benzene rings is 1. The van der Waals surface area contributed by atoms with Gasteiger partial charge in [-0.15, -0.1) is 0 Å². The van der Waals surface area contributed by atoms with Crippen LogP contribution in [0.2, 0.25) is 0 Å². The van der Waals surface area contributed by atoms with Crippen LogP contribution in [0.1, 0.15) is 58.6 Å². The average Bonchev–Trinajstić information content (AvgIpc) is 3.36. The fourth-order valence-corrected chi connectivity index (χ4v) is 5.44. The van der Waals surface area contributed by atoms with Gasteiger partial charge in [-0.2, -0.15) is 0 Å². The second-order valence-electron chi connectivity index (χ2n) is 10.2. The number of hydrogen-bond donors (Lipinski definition) is 1. The van der Waals surface area contributed by atoms with Crippen molar-refractivity contribution in [3.05, 3.63) is 98.2 Å². The second-order valence-corrected chi connectivity index (χ2v) is 10.2. The van der Waals surface area contributed by atoms with E-state index in [4.69, 9.17) is 0 Å². The number of rotatable bonds is 6. The highest BCUT2D eigenvalue weighted by molar-refractivity contribution is 5.94. The molecule has 0 radical (unpaired) electrons. The van der Waals surface area contributed by atoms with Crippen molar-refractivity contribution in [3.63, 3.8) is 0 Å². The number of ketones is 1. The van der Waals surface area contributed by atoms with Crippen molar-refractivity contribution in [2.24, 2.45) is 0 Å². The highest BCUT2D eigenvalue weighted by Gasteiger charge is 2.19. The molecule has 37 heavy (non-hydrogen) atoms. The largest absolute Gasteiger partial charge is 0.384 e. The summed E-state index contributed by atoms with van der Waals surface area (Å²) >= 11 is 0. The minimum absolute atomic E-state index is 0.0423. The molecular weight excluding hydrogens is 460 g/mol. The number of Topliss-reactive ketones (excluding diaryl/α,β-unsaturated/α-hetero) is 1. The first kappa shape index (κ1) is 24.9. The van der Waals surface area contributed by atoms with Crippen LogP contribution in [0, 0.1) is 13.8 Å². The molecule has 0 atom stereocenters. The fraction of sp³-hybridized carbons (Fsp3) is 0.323. The van der Waals surface area contributed by atoms with Crippen LogP contribution in [0.25, 0.3) is 17.3 Å². The van der Waals surface area contributed by atoms with E-state index < -0.39 is 0 Å². The van der Waals surface area contributed by atoms with E-state index >= 15 is 0 Å². The number of aromatic nitrogens is 2. The maximum absolute atomic E-state index is 13.2. The second kappa shape index (κ2) is 10.3. The van der Waals surface area contributed by atoms with Gasteiger partial charge < -0.3 is 5.32 Å². The molecule has 4 heterocycles. The van der Waals surface area contributed by atoms with E-state index in [9.17, 15) is 9.59 Å². The van der Waals surface area contributed by atoms with E-state index in [0.29, 0.717) is 0 Å². The Morgan fingerprint density at radius 3 is 2.70 bits per heavy atom. The summed E-state index contributed by atoms with van der Waals surface area (Å²) in [5.74, 6) is 0.103. The Bertz CT molecular complexity index is 1500. The lowest BCUT2D eigenvalue weighted by molar-refractivity contribution is 0.101. The van der Waals surface area contributed by atoms with Crippen LogP contribution >= 0.6 is 0 Å². The van der Waals surface area contributed by atoms with Crippen LogP contribution in [0.4, 0.5) is 5.69 Å². The number of hydrogen-bond acceptors (Lipinski definition) is 5. The Labute approximate surface area is 218 Å². The van der Waals surface area contributed by atoms with Crippen molar-refractivity contribution in [1.82, 2.24) is 14.5 Å². The van der Waals surface area contributed by atoms with E-state index in [1.54, 1.807) is 17.7 Å². The van der Waals surface area contributed by atoms with Crippen molar-refractivity contribution in [2.45, 2.75) is 40.5 Å². The van der Waals surface area contributed by atoms with Crippen LogP contribution in [0.15, 0.2) is 59.2 Å². The molecule has 0 bridgehead atoms. The average molecular weight is 495 g/mol.